The molecule has 2 aromatic rings. The van der Waals surface area contributed by atoms with E-state index in [9.17, 15) is 9.59 Å². The molecule has 0 atom stereocenters. The number of nitrogens with one attached hydrogen (secondary N) is 1. The number of anilines is 2. The minimum absolute atomic E-state index is 0.0236. The quantitative estimate of drug-likeness (QED) is 0.877. The molecule has 0 aliphatic carbocycles. The summed E-state index contributed by atoms with van der Waals surface area (Å²) in [5, 5.41) is 7.34. The Labute approximate surface area is 129 Å². The molecule has 110 valence electrons. The summed E-state index contributed by atoms with van der Waals surface area (Å²) >= 11 is 3.36. The third-order valence-electron chi connectivity index (χ3n) is 3.39. The average Bonchev–Trinajstić information content (AvgIpc) is 2.77. The van der Waals surface area contributed by atoms with Crippen molar-refractivity contribution in [1.29, 1.82) is 0 Å². The van der Waals surface area contributed by atoms with Gasteiger partial charge in [0.15, 0.2) is 5.82 Å². The molecule has 3 rings (SSSR count). The van der Waals surface area contributed by atoms with Gasteiger partial charge in [-0.25, -0.2) is 0 Å². The van der Waals surface area contributed by atoms with Crippen LogP contribution in [0.5, 0.6) is 0 Å². The third kappa shape index (κ3) is 2.58. The molecular formula is C13H14BrN5O2. The van der Waals surface area contributed by atoms with Crippen molar-refractivity contribution in [3.8, 4) is 0 Å². The summed E-state index contributed by atoms with van der Waals surface area (Å²) in [5.41, 5.74) is 1.23. The molecule has 0 radical (unpaired) electrons. The fourth-order valence-electron chi connectivity index (χ4n) is 2.26. The number of amides is 1. The second kappa shape index (κ2) is 5.03. The lowest BCUT2D eigenvalue weighted by molar-refractivity contribution is -0.132. The van der Waals surface area contributed by atoms with Crippen LogP contribution in [0.2, 0.25) is 0 Å². The van der Waals surface area contributed by atoms with Crippen molar-refractivity contribution in [3.63, 3.8) is 0 Å². The molecule has 0 aromatic carbocycles. The number of halogens is 1. The standard InChI is InChI=1S/C13H14BrN5O2/c1-17-6-9-4-11(16-19(9)7-12(17)20)15-10-3-8(14)5-18(2)13(10)21/h3-5H,6-7H2,1-2H3,(H,15,16). The first-order valence-corrected chi connectivity index (χ1v) is 7.17. The first kappa shape index (κ1) is 13.9. The molecule has 0 saturated carbocycles. The number of aryl methyl sites for hydroxylation is 1. The van der Waals surface area contributed by atoms with Crippen LogP contribution >= 0.6 is 15.9 Å². The lowest BCUT2D eigenvalue weighted by atomic mass is 10.3. The van der Waals surface area contributed by atoms with Crippen LogP contribution in [0.3, 0.4) is 0 Å². The summed E-state index contributed by atoms with van der Waals surface area (Å²) in [5.74, 6) is 0.582. The Morgan fingerprint density at radius 1 is 1.24 bits per heavy atom. The van der Waals surface area contributed by atoms with E-state index in [1.807, 2.05) is 6.07 Å². The lowest BCUT2D eigenvalue weighted by Crippen LogP contribution is -2.36. The molecule has 7 nitrogen and oxygen atoms in total. The molecule has 0 fully saturated rings. The Morgan fingerprint density at radius 3 is 2.76 bits per heavy atom. The zero-order valence-electron chi connectivity index (χ0n) is 11.6. The van der Waals surface area contributed by atoms with Crippen LogP contribution in [-0.2, 0) is 24.9 Å². The maximum atomic E-state index is 12.1. The Morgan fingerprint density at radius 2 is 2.00 bits per heavy atom. The summed E-state index contributed by atoms with van der Waals surface area (Å²) in [7, 11) is 3.44. The number of aromatic nitrogens is 3. The number of hydrogen-bond acceptors (Lipinski definition) is 4. The largest absolute Gasteiger partial charge is 0.338 e. The summed E-state index contributed by atoms with van der Waals surface area (Å²) in [6, 6.07) is 3.56. The highest BCUT2D eigenvalue weighted by molar-refractivity contribution is 9.10. The van der Waals surface area contributed by atoms with Crippen LogP contribution < -0.4 is 10.9 Å². The molecule has 0 saturated heterocycles. The highest BCUT2D eigenvalue weighted by atomic mass is 79.9. The lowest BCUT2D eigenvalue weighted by Gasteiger charge is -2.22. The van der Waals surface area contributed by atoms with Crippen molar-refractivity contribution in [3.05, 3.63) is 38.9 Å². The molecular weight excluding hydrogens is 338 g/mol. The van der Waals surface area contributed by atoms with Crippen molar-refractivity contribution in [2.75, 3.05) is 12.4 Å². The van der Waals surface area contributed by atoms with Gasteiger partial charge in [-0.2, -0.15) is 5.10 Å². The van der Waals surface area contributed by atoms with Crippen LogP contribution in [0.15, 0.2) is 27.6 Å². The van der Waals surface area contributed by atoms with E-state index in [1.165, 1.54) is 4.57 Å². The van der Waals surface area contributed by atoms with Crippen molar-refractivity contribution in [1.82, 2.24) is 19.2 Å². The monoisotopic (exact) mass is 351 g/mol. The molecule has 1 N–H and O–H groups in total. The first-order valence-electron chi connectivity index (χ1n) is 6.38. The molecule has 21 heavy (non-hydrogen) atoms. The number of carbonyl (C=O) groups is 1. The number of pyridine rings is 1. The van der Waals surface area contributed by atoms with Crippen LogP contribution in [0, 0.1) is 0 Å². The predicted molar refractivity (Wildman–Crippen MR) is 81.4 cm³/mol. The van der Waals surface area contributed by atoms with Gasteiger partial charge in [-0.1, -0.05) is 0 Å². The van der Waals surface area contributed by atoms with Crippen LogP contribution in [0.1, 0.15) is 5.69 Å². The van der Waals surface area contributed by atoms with Gasteiger partial charge in [-0.05, 0) is 22.0 Å². The first-order chi connectivity index (χ1) is 9.94. The minimum atomic E-state index is -0.141. The maximum absolute atomic E-state index is 12.1. The van der Waals surface area contributed by atoms with E-state index in [4.69, 9.17) is 0 Å². The summed E-state index contributed by atoms with van der Waals surface area (Å²) in [4.78, 5) is 25.4. The Kier molecular flexibility index (Phi) is 3.32. The van der Waals surface area contributed by atoms with E-state index in [0.29, 0.717) is 18.1 Å². The predicted octanol–water partition coefficient (Wildman–Crippen LogP) is 1.06. The molecule has 3 heterocycles. The molecule has 1 aliphatic heterocycles. The van der Waals surface area contributed by atoms with E-state index in [-0.39, 0.29) is 18.0 Å². The Bertz CT molecular complexity index is 779. The summed E-state index contributed by atoms with van der Waals surface area (Å²) in [6.45, 7) is 0.744. The van der Waals surface area contributed by atoms with E-state index < -0.39 is 0 Å². The number of nitrogens with zero attached hydrogens (tertiary/aromatic N) is 4. The second-order valence-corrected chi connectivity index (χ2v) is 5.96. The summed E-state index contributed by atoms with van der Waals surface area (Å²) in [6.07, 6.45) is 1.69. The van der Waals surface area contributed by atoms with E-state index in [1.54, 1.807) is 35.9 Å². The molecule has 0 bridgehead atoms. The van der Waals surface area contributed by atoms with Crippen LogP contribution in [0.4, 0.5) is 11.5 Å². The number of hydrogen-bond donors (Lipinski definition) is 1. The highest BCUT2D eigenvalue weighted by Gasteiger charge is 2.21. The van der Waals surface area contributed by atoms with Gasteiger partial charge in [-0.15, -0.1) is 0 Å². The molecule has 1 amide bonds. The number of likely N-dealkylation sites (N-methyl/N-ethyl adjacent to an activating group) is 1. The second-order valence-electron chi connectivity index (χ2n) is 5.04. The van der Waals surface area contributed by atoms with Crippen molar-refractivity contribution in [2.45, 2.75) is 13.1 Å². The molecule has 0 spiro atoms. The Balaban J connectivity index is 1.92. The number of carbonyl (C=O) groups excluding carboxylic acids is 1. The Hall–Kier alpha value is -2.09. The topological polar surface area (TPSA) is 72.2 Å². The normalized spacial score (nSPS) is 14.2. The van der Waals surface area contributed by atoms with Crippen molar-refractivity contribution < 1.29 is 4.79 Å². The zero-order valence-corrected chi connectivity index (χ0v) is 13.2. The molecule has 2 aromatic heterocycles. The minimum Gasteiger partial charge on any atom is -0.338 e. The fourth-order valence-corrected chi connectivity index (χ4v) is 2.79. The average molecular weight is 352 g/mol. The number of fused-ring (bicyclic) bond motifs is 1. The molecule has 8 heteroatoms. The van der Waals surface area contributed by atoms with Gasteiger partial charge in [0.1, 0.15) is 12.2 Å². The van der Waals surface area contributed by atoms with E-state index >= 15 is 0 Å². The zero-order chi connectivity index (χ0) is 15.1. The van der Waals surface area contributed by atoms with Gasteiger partial charge < -0.3 is 14.8 Å². The van der Waals surface area contributed by atoms with Gasteiger partial charge in [0.05, 0.1) is 12.2 Å². The van der Waals surface area contributed by atoms with Gasteiger partial charge in [0, 0.05) is 30.8 Å². The van der Waals surface area contributed by atoms with Crippen LogP contribution in [0.25, 0.3) is 0 Å². The van der Waals surface area contributed by atoms with Crippen molar-refractivity contribution in [2.24, 2.45) is 7.05 Å². The van der Waals surface area contributed by atoms with Gasteiger partial charge in [-0.3, -0.25) is 14.3 Å². The van der Waals surface area contributed by atoms with Crippen molar-refractivity contribution >= 4 is 33.3 Å². The smallest absolute Gasteiger partial charge is 0.274 e. The third-order valence-corrected chi connectivity index (χ3v) is 3.82. The van der Waals surface area contributed by atoms with Gasteiger partial charge in [0.25, 0.3) is 5.56 Å². The van der Waals surface area contributed by atoms with E-state index in [0.717, 1.165) is 10.2 Å². The van der Waals surface area contributed by atoms with Gasteiger partial charge >= 0.3 is 0 Å². The maximum Gasteiger partial charge on any atom is 0.274 e. The van der Waals surface area contributed by atoms with Crippen LogP contribution in [-0.4, -0.2) is 32.2 Å². The van der Waals surface area contributed by atoms with Gasteiger partial charge in [0.2, 0.25) is 5.91 Å². The highest BCUT2D eigenvalue weighted by Crippen LogP contribution is 2.20. The molecule has 0 unspecified atom stereocenters. The summed E-state index contributed by atoms with van der Waals surface area (Å²) < 4.78 is 3.94. The van der Waals surface area contributed by atoms with E-state index in [2.05, 4.69) is 26.3 Å². The SMILES string of the molecule is CN1Cc2cc(Nc3cc(Br)cn(C)c3=O)nn2CC1=O. The number of rotatable bonds is 2. The molecule has 1 aliphatic rings. The fraction of sp³-hybridized carbons (Fsp3) is 0.308.